The first-order valence-electron chi connectivity index (χ1n) is 12.8. The van der Waals surface area contributed by atoms with E-state index in [0.717, 1.165) is 24.8 Å². The molecule has 6 nitrogen and oxygen atoms in total. The number of hydrogen-bond donors (Lipinski definition) is 0. The van der Waals surface area contributed by atoms with Gasteiger partial charge in [0, 0.05) is 25.0 Å². The Morgan fingerprint density at radius 1 is 1.14 bits per heavy atom. The van der Waals surface area contributed by atoms with Gasteiger partial charge in [-0.25, -0.2) is 0 Å². The molecule has 1 aliphatic heterocycles. The molecule has 0 N–H and O–H groups in total. The van der Waals surface area contributed by atoms with Crippen molar-refractivity contribution in [1.82, 2.24) is 10.0 Å². The Morgan fingerprint density at radius 3 is 2.31 bits per heavy atom. The predicted octanol–water partition coefficient (Wildman–Crippen LogP) is 4.60. The fourth-order valence-corrected chi connectivity index (χ4v) is 6.18. The second-order valence-electron chi connectivity index (χ2n) is 11.0. The Morgan fingerprint density at radius 2 is 1.78 bits per heavy atom. The first kappa shape index (κ1) is 26.9. The van der Waals surface area contributed by atoms with Crippen molar-refractivity contribution < 1.29 is 32.3 Å². The molecule has 200 valence electrons. The number of rotatable bonds is 10. The van der Waals surface area contributed by atoms with E-state index >= 15 is 13.3 Å². The van der Waals surface area contributed by atoms with Crippen LogP contribution in [0.4, 0.5) is 13.3 Å². The van der Waals surface area contributed by atoms with Gasteiger partial charge in [-0.2, -0.15) is 13.9 Å². The molecule has 36 heavy (non-hydrogen) atoms. The average molecular weight is 511 g/mol. The Balaban J connectivity index is 1.40. The zero-order chi connectivity index (χ0) is 26.1. The minimum atomic E-state index is -3.78. The van der Waals surface area contributed by atoms with Gasteiger partial charge in [0.1, 0.15) is 0 Å². The smallest absolute Gasteiger partial charge is 0.330 e. The van der Waals surface area contributed by atoms with Gasteiger partial charge < -0.3 is 14.4 Å². The van der Waals surface area contributed by atoms with Crippen LogP contribution >= 0.6 is 0 Å². The quantitative estimate of drug-likeness (QED) is 0.340. The number of piperidine rings is 1. The van der Waals surface area contributed by atoms with Crippen molar-refractivity contribution in [2.24, 2.45) is 16.7 Å². The van der Waals surface area contributed by atoms with Crippen LogP contribution in [-0.2, 0) is 19.1 Å². The van der Waals surface area contributed by atoms with E-state index in [1.807, 2.05) is 0 Å². The molecule has 0 aromatic heterocycles. The van der Waals surface area contributed by atoms with E-state index < -0.39 is 40.5 Å². The molecule has 1 amide bonds. The maximum absolute atomic E-state index is 15.4. The molecule has 1 aromatic carbocycles. The fraction of sp³-hybridized carbons (Fsp3) is 0.704. The van der Waals surface area contributed by atoms with Crippen LogP contribution in [0, 0.1) is 16.7 Å². The zero-order valence-electron chi connectivity index (χ0n) is 21.4. The highest BCUT2D eigenvalue weighted by molar-refractivity contribution is 5.84. The van der Waals surface area contributed by atoms with Gasteiger partial charge in [-0.15, -0.1) is 0 Å². The number of nitrogens with zero attached hydrogens (tertiary/aromatic N) is 2. The minimum absolute atomic E-state index is 0.152. The SMILES string of the molecule is COCC1(C(C)N(F)C(=O)C(F)(F)[C@@H]2C[C@@H]2c2ccccc2)CCN(CC2(C(=O)OC)CCC2)CC1. The fourth-order valence-electron chi connectivity index (χ4n) is 6.18. The van der Waals surface area contributed by atoms with Gasteiger partial charge >= 0.3 is 17.8 Å². The average Bonchev–Trinajstić information content (AvgIpc) is 3.68. The summed E-state index contributed by atoms with van der Waals surface area (Å²) in [6.45, 7) is 3.33. The maximum atomic E-state index is 15.4. The molecule has 3 fully saturated rings. The molecule has 0 bridgehead atoms. The lowest BCUT2D eigenvalue weighted by Gasteiger charge is -2.49. The van der Waals surface area contributed by atoms with Gasteiger partial charge in [-0.3, -0.25) is 9.59 Å². The molecular formula is C27H37F3N2O4. The predicted molar refractivity (Wildman–Crippen MR) is 128 cm³/mol. The molecule has 3 atom stereocenters. The molecule has 3 aliphatic rings. The lowest BCUT2D eigenvalue weighted by molar-refractivity contribution is -0.193. The van der Waals surface area contributed by atoms with Gasteiger partial charge in [0.15, 0.2) is 0 Å². The Hall–Kier alpha value is -2.13. The van der Waals surface area contributed by atoms with E-state index in [1.54, 1.807) is 30.3 Å². The third-order valence-corrected chi connectivity index (χ3v) is 8.93. The van der Waals surface area contributed by atoms with Crippen molar-refractivity contribution in [3.05, 3.63) is 35.9 Å². The lowest BCUT2D eigenvalue weighted by atomic mass is 9.67. The van der Waals surface area contributed by atoms with Crippen LogP contribution in [0.5, 0.6) is 0 Å². The van der Waals surface area contributed by atoms with Crippen molar-refractivity contribution in [1.29, 1.82) is 0 Å². The largest absolute Gasteiger partial charge is 0.469 e. The molecule has 0 spiro atoms. The molecule has 1 aromatic rings. The summed E-state index contributed by atoms with van der Waals surface area (Å²) in [6.07, 6.45) is 3.63. The number of hydrogen-bond acceptors (Lipinski definition) is 5. The van der Waals surface area contributed by atoms with E-state index in [0.29, 0.717) is 32.5 Å². The van der Waals surface area contributed by atoms with E-state index in [1.165, 1.54) is 21.1 Å². The maximum Gasteiger partial charge on any atom is 0.330 e. The number of methoxy groups -OCH3 is 2. The summed E-state index contributed by atoms with van der Waals surface area (Å²) in [5, 5.41) is -0.239. The molecule has 4 rings (SSSR count). The van der Waals surface area contributed by atoms with Gasteiger partial charge in [0.2, 0.25) is 0 Å². The van der Waals surface area contributed by atoms with Gasteiger partial charge in [0.25, 0.3) is 0 Å². The van der Waals surface area contributed by atoms with Gasteiger partial charge in [0.05, 0.1) is 25.2 Å². The van der Waals surface area contributed by atoms with Gasteiger partial charge in [-0.05, 0) is 63.6 Å². The summed E-state index contributed by atoms with van der Waals surface area (Å²) in [7, 11) is 2.89. The third-order valence-electron chi connectivity index (χ3n) is 8.93. The summed E-state index contributed by atoms with van der Waals surface area (Å²) in [5.41, 5.74) is -0.551. The number of likely N-dealkylation sites (tertiary alicyclic amines) is 1. The minimum Gasteiger partial charge on any atom is -0.469 e. The van der Waals surface area contributed by atoms with Crippen molar-refractivity contribution in [3.63, 3.8) is 0 Å². The van der Waals surface area contributed by atoms with E-state index in [2.05, 4.69) is 4.90 Å². The Kier molecular flexibility index (Phi) is 7.72. The number of alkyl halides is 2. The van der Waals surface area contributed by atoms with Crippen molar-refractivity contribution in [3.8, 4) is 0 Å². The number of amides is 1. The molecule has 2 aliphatic carbocycles. The number of carbonyl (C=O) groups excluding carboxylic acids is 2. The van der Waals surface area contributed by atoms with E-state index in [9.17, 15) is 9.59 Å². The standard InChI is InChI=1S/C27H37F3N2O4/c1-19(32(30)23(33)27(28,29)22-16-21(22)20-8-5-4-6-9-20)26(18-35-2)12-14-31(15-13-26)17-25(10-7-11-25)24(34)36-3/h4-6,8-9,19,21-22H,7,10-18H2,1-3H3/t19?,21-,22-/m1/s1. The van der Waals surface area contributed by atoms with E-state index in [4.69, 9.17) is 9.47 Å². The first-order chi connectivity index (χ1) is 17.1. The normalized spacial score (nSPS) is 25.9. The first-order valence-corrected chi connectivity index (χ1v) is 12.8. The summed E-state index contributed by atoms with van der Waals surface area (Å²) in [6, 6.07) is 7.79. The second kappa shape index (κ2) is 10.3. The second-order valence-corrected chi connectivity index (χ2v) is 11.0. The topological polar surface area (TPSA) is 59.1 Å². The molecular weight excluding hydrogens is 473 g/mol. The number of benzene rings is 1. The number of carbonyl (C=O) groups is 2. The van der Waals surface area contributed by atoms with Crippen LogP contribution in [0.3, 0.4) is 0 Å². The highest BCUT2D eigenvalue weighted by atomic mass is 19.3. The molecule has 1 unspecified atom stereocenters. The number of ether oxygens (including phenoxy) is 2. The number of esters is 1. The van der Waals surface area contributed by atoms with Crippen molar-refractivity contribution in [2.45, 2.75) is 63.3 Å². The van der Waals surface area contributed by atoms with E-state index in [-0.39, 0.29) is 24.1 Å². The van der Waals surface area contributed by atoms with Crippen LogP contribution in [0.25, 0.3) is 0 Å². The summed E-state index contributed by atoms with van der Waals surface area (Å²) >= 11 is 0. The molecule has 2 saturated carbocycles. The monoisotopic (exact) mass is 510 g/mol. The summed E-state index contributed by atoms with van der Waals surface area (Å²) in [5.74, 6) is -7.40. The van der Waals surface area contributed by atoms with Crippen LogP contribution in [0.1, 0.15) is 56.9 Å². The molecule has 0 radical (unpaired) electrons. The Bertz CT molecular complexity index is 932. The van der Waals surface area contributed by atoms with Crippen LogP contribution in [0.15, 0.2) is 30.3 Å². The molecule has 9 heteroatoms. The van der Waals surface area contributed by atoms with Crippen molar-refractivity contribution in [2.75, 3.05) is 40.5 Å². The third kappa shape index (κ3) is 4.88. The highest BCUT2D eigenvalue weighted by Crippen LogP contribution is 2.56. The lowest BCUT2D eigenvalue weighted by Crippen LogP contribution is -2.57. The highest BCUT2D eigenvalue weighted by Gasteiger charge is 2.62. The zero-order valence-corrected chi connectivity index (χ0v) is 21.4. The Labute approximate surface area is 211 Å². The van der Waals surface area contributed by atoms with Gasteiger partial charge in [-0.1, -0.05) is 41.2 Å². The van der Waals surface area contributed by atoms with Crippen molar-refractivity contribution >= 4 is 11.9 Å². The molecule has 1 saturated heterocycles. The summed E-state index contributed by atoms with van der Waals surface area (Å²) in [4.78, 5) is 27.2. The van der Waals surface area contributed by atoms with Crippen LogP contribution in [0.2, 0.25) is 0 Å². The van der Waals surface area contributed by atoms with Crippen LogP contribution < -0.4 is 0 Å². The molecule has 1 heterocycles. The number of halogens is 3. The summed E-state index contributed by atoms with van der Waals surface area (Å²) < 4.78 is 56.1. The van der Waals surface area contributed by atoms with Crippen LogP contribution in [-0.4, -0.2) is 74.3 Å².